The normalized spacial score (nSPS) is 10.6. The number of anilines is 3. The van der Waals surface area contributed by atoms with Crippen LogP contribution in [0.1, 0.15) is 5.56 Å². The smallest absolute Gasteiger partial charge is 0.322 e. The van der Waals surface area contributed by atoms with Crippen LogP contribution in [0.3, 0.4) is 0 Å². The van der Waals surface area contributed by atoms with Crippen LogP contribution in [-0.4, -0.2) is 27.6 Å². The van der Waals surface area contributed by atoms with Crippen molar-refractivity contribution in [3.05, 3.63) is 53.1 Å². The van der Waals surface area contributed by atoms with Crippen molar-refractivity contribution in [3.63, 3.8) is 0 Å². The summed E-state index contributed by atoms with van der Waals surface area (Å²) in [6.45, 7) is 1.70. The topological polar surface area (TPSA) is 87.1 Å². The molecule has 1 heterocycles. The van der Waals surface area contributed by atoms with Crippen molar-refractivity contribution in [3.8, 4) is 0 Å². The van der Waals surface area contributed by atoms with Crippen molar-refractivity contribution in [2.45, 2.75) is 6.92 Å². The highest BCUT2D eigenvalue weighted by molar-refractivity contribution is 6.31. The second-order valence-electron chi connectivity index (χ2n) is 5.25. The lowest BCUT2D eigenvalue weighted by Crippen LogP contribution is -2.14. The van der Waals surface area contributed by atoms with Crippen molar-refractivity contribution < 1.29 is 9.90 Å². The average molecular weight is 343 g/mol. The van der Waals surface area contributed by atoms with E-state index in [1.165, 1.54) is 0 Å². The van der Waals surface area contributed by atoms with Gasteiger partial charge in [-0.25, -0.2) is 4.98 Å². The fraction of sp³-hybridized carbons (Fsp3) is 0.118. The highest BCUT2D eigenvalue weighted by Crippen LogP contribution is 2.25. The minimum atomic E-state index is -0.961. The third-order valence-electron chi connectivity index (χ3n) is 3.44. The van der Waals surface area contributed by atoms with Crippen LogP contribution in [0.25, 0.3) is 10.9 Å². The Morgan fingerprint density at radius 2 is 2.00 bits per heavy atom. The standard InChI is InChI=1S/C17H15ClN4O2/c1-10-6-7-11(8-13(10)18)20-17-21-14-5-3-2-4-12(14)16(22-17)19-9-15(23)24/h2-8H,9H2,1H3,(H,23,24)(H2,19,20,21,22). The molecule has 0 aliphatic rings. The summed E-state index contributed by atoms with van der Waals surface area (Å²) in [6.07, 6.45) is 0. The molecule has 2 aromatic carbocycles. The number of aliphatic carboxylic acids is 1. The lowest BCUT2D eigenvalue weighted by atomic mass is 10.2. The minimum Gasteiger partial charge on any atom is -0.480 e. The third kappa shape index (κ3) is 3.55. The van der Waals surface area contributed by atoms with Gasteiger partial charge in [-0.15, -0.1) is 0 Å². The van der Waals surface area contributed by atoms with Crippen LogP contribution >= 0.6 is 11.6 Å². The molecule has 0 bridgehead atoms. The summed E-state index contributed by atoms with van der Waals surface area (Å²) in [5, 5.41) is 16.2. The van der Waals surface area contributed by atoms with Gasteiger partial charge in [0.1, 0.15) is 12.4 Å². The highest BCUT2D eigenvalue weighted by Gasteiger charge is 2.09. The number of carboxylic acid groups (broad SMARTS) is 1. The van der Waals surface area contributed by atoms with E-state index in [4.69, 9.17) is 16.7 Å². The Morgan fingerprint density at radius 3 is 2.75 bits per heavy atom. The largest absolute Gasteiger partial charge is 0.480 e. The van der Waals surface area contributed by atoms with Gasteiger partial charge in [-0.3, -0.25) is 4.79 Å². The van der Waals surface area contributed by atoms with E-state index in [1.54, 1.807) is 6.07 Å². The van der Waals surface area contributed by atoms with Gasteiger partial charge in [-0.05, 0) is 36.8 Å². The second kappa shape index (κ2) is 6.72. The lowest BCUT2D eigenvalue weighted by molar-refractivity contribution is -0.134. The van der Waals surface area contributed by atoms with Crippen molar-refractivity contribution in [2.75, 3.05) is 17.2 Å². The van der Waals surface area contributed by atoms with Crippen LogP contribution < -0.4 is 10.6 Å². The van der Waals surface area contributed by atoms with E-state index in [0.717, 1.165) is 16.6 Å². The number of nitrogens with one attached hydrogen (secondary N) is 2. The zero-order chi connectivity index (χ0) is 17.1. The number of hydrogen-bond acceptors (Lipinski definition) is 5. The molecule has 24 heavy (non-hydrogen) atoms. The quantitative estimate of drug-likeness (QED) is 0.653. The number of carbonyl (C=O) groups is 1. The monoisotopic (exact) mass is 342 g/mol. The predicted octanol–water partition coefficient (Wildman–Crippen LogP) is 3.83. The first-order valence-electron chi connectivity index (χ1n) is 7.28. The molecule has 0 amide bonds. The molecule has 0 unspecified atom stereocenters. The van der Waals surface area contributed by atoms with E-state index >= 15 is 0 Å². The van der Waals surface area contributed by atoms with E-state index in [0.29, 0.717) is 22.3 Å². The number of aromatic nitrogens is 2. The van der Waals surface area contributed by atoms with Gasteiger partial charge < -0.3 is 15.7 Å². The molecule has 0 atom stereocenters. The first-order chi connectivity index (χ1) is 11.5. The highest BCUT2D eigenvalue weighted by atomic mass is 35.5. The maximum atomic E-state index is 10.8. The summed E-state index contributed by atoms with van der Waals surface area (Å²) in [4.78, 5) is 19.7. The van der Waals surface area contributed by atoms with Gasteiger partial charge in [0.2, 0.25) is 5.95 Å². The molecular weight excluding hydrogens is 328 g/mol. The number of para-hydroxylation sites is 1. The fourth-order valence-corrected chi connectivity index (χ4v) is 2.41. The summed E-state index contributed by atoms with van der Waals surface area (Å²) in [5.41, 5.74) is 2.44. The predicted molar refractivity (Wildman–Crippen MR) is 95.1 cm³/mol. The molecule has 0 aliphatic heterocycles. The molecule has 3 rings (SSSR count). The number of halogens is 1. The minimum absolute atomic E-state index is 0.225. The Balaban J connectivity index is 1.98. The van der Waals surface area contributed by atoms with Crippen molar-refractivity contribution in [1.29, 1.82) is 0 Å². The van der Waals surface area contributed by atoms with E-state index in [2.05, 4.69) is 20.6 Å². The molecule has 0 saturated carbocycles. The Bertz CT molecular complexity index is 914. The zero-order valence-corrected chi connectivity index (χ0v) is 13.6. The van der Waals surface area contributed by atoms with E-state index < -0.39 is 5.97 Å². The summed E-state index contributed by atoms with van der Waals surface area (Å²) in [6, 6.07) is 13.0. The molecular formula is C17H15ClN4O2. The van der Waals surface area contributed by atoms with Gasteiger partial charge in [0.05, 0.1) is 5.52 Å². The van der Waals surface area contributed by atoms with E-state index in [-0.39, 0.29) is 6.54 Å². The van der Waals surface area contributed by atoms with Crippen LogP contribution in [0.15, 0.2) is 42.5 Å². The van der Waals surface area contributed by atoms with Gasteiger partial charge >= 0.3 is 5.97 Å². The molecule has 0 spiro atoms. The lowest BCUT2D eigenvalue weighted by Gasteiger charge is -2.11. The maximum Gasteiger partial charge on any atom is 0.322 e. The molecule has 0 radical (unpaired) electrons. The number of hydrogen-bond donors (Lipinski definition) is 3. The molecule has 0 fully saturated rings. The van der Waals surface area contributed by atoms with Gasteiger partial charge in [-0.2, -0.15) is 4.98 Å². The number of carboxylic acids is 1. The van der Waals surface area contributed by atoms with Gasteiger partial charge in [0, 0.05) is 16.1 Å². The van der Waals surface area contributed by atoms with Crippen molar-refractivity contribution >= 4 is 45.9 Å². The molecule has 7 heteroatoms. The average Bonchev–Trinajstić information content (AvgIpc) is 2.56. The zero-order valence-electron chi connectivity index (χ0n) is 12.9. The molecule has 3 aromatic rings. The van der Waals surface area contributed by atoms with Crippen LogP contribution in [0, 0.1) is 6.92 Å². The third-order valence-corrected chi connectivity index (χ3v) is 3.85. The number of benzene rings is 2. The number of fused-ring (bicyclic) bond motifs is 1. The van der Waals surface area contributed by atoms with Crippen molar-refractivity contribution in [2.24, 2.45) is 0 Å². The van der Waals surface area contributed by atoms with Gasteiger partial charge in [0.15, 0.2) is 0 Å². The Hall–Kier alpha value is -2.86. The molecule has 122 valence electrons. The second-order valence-corrected chi connectivity index (χ2v) is 5.66. The first kappa shape index (κ1) is 16.0. The maximum absolute atomic E-state index is 10.8. The fourth-order valence-electron chi connectivity index (χ4n) is 2.23. The van der Waals surface area contributed by atoms with Crippen LogP contribution in [-0.2, 0) is 4.79 Å². The SMILES string of the molecule is Cc1ccc(Nc2nc(NCC(=O)O)c3ccccc3n2)cc1Cl. The summed E-state index contributed by atoms with van der Waals surface area (Å²) >= 11 is 6.13. The van der Waals surface area contributed by atoms with Crippen LogP contribution in [0.4, 0.5) is 17.5 Å². The first-order valence-corrected chi connectivity index (χ1v) is 7.66. The molecule has 0 aliphatic carbocycles. The Labute approximate surface area is 143 Å². The van der Waals surface area contributed by atoms with Crippen LogP contribution in [0.2, 0.25) is 5.02 Å². The molecule has 0 saturated heterocycles. The Kier molecular flexibility index (Phi) is 4.48. The Morgan fingerprint density at radius 1 is 1.21 bits per heavy atom. The molecule has 3 N–H and O–H groups in total. The summed E-state index contributed by atoms with van der Waals surface area (Å²) < 4.78 is 0. The van der Waals surface area contributed by atoms with E-state index in [9.17, 15) is 4.79 Å². The van der Waals surface area contributed by atoms with Gasteiger partial charge in [-0.1, -0.05) is 29.8 Å². The number of nitrogens with zero attached hydrogens (tertiary/aromatic N) is 2. The molecule has 6 nitrogen and oxygen atoms in total. The summed E-state index contributed by atoms with van der Waals surface area (Å²) in [5.74, 6) is -0.136. The van der Waals surface area contributed by atoms with Crippen molar-refractivity contribution in [1.82, 2.24) is 9.97 Å². The summed E-state index contributed by atoms with van der Waals surface area (Å²) in [7, 11) is 0. The molecule has 1 aromatic heterocycles. The number of aryl methyl sites for hydroxylation is 1. The van der Waals surface area contributed by atoms with Crippen LogP contribution in [0.5, 0.6) is 0 Å². The number of rotatable bonds is 5. The van der Waals surface area contributed by atoms with E-state index in [1.807, 2.05) is 43.3 Å². The van der Waals surface area contributed by atoms with Gasteiger partial charge in [0.25, 0.3) is 0 Å².